The Morgan fingerprint density at radius 1 is 1.17 bits per heavy atom. The lowest BCUT2D eigenvalue weighted by Crippen LogP contribution is -2.09. The van der Waals surface area contributed by atoms with E-state index < -0.39 is 11.4 Å². The van der Waals surface area contributed by atoms with Gasteiger partial charge in [0.15, 0.2) is 5.82 Å². The molecular weight excluding hydrogens is 233 g/mol. The van der Waals surface area contributed by atoms with E-state index >= 15 is 0 Å². The molecule has 1 aromatic carbocycles. The highest BCUT2D eigenvalue weighted by Crippen LogP contribution is 2.19. The molecule has 0 bridgehead atoms. The van der Waals surface area contributed by atoms with Crippen LogP contribution in [-0.4, -0.2) is 16.7 Å². The molecule has 0 atom stereocenters. The minimum absolute atomic E-state index is 0.173. The molecule has 0 saturated heterocycles. The fourth-order valence-corrected chi connectivity index (χ4v) is 1.77. The standard InChI is InChI=1S/C14H14FNO2/c15-13-8-12(9-16-14(13)18)11-5-3-10(4-6-11)2-1-7-17/h3-6,8-9,17H,1-2,7H2,(H,16,18). The molecule has 4 heteroatoms. The number of aliphatic hydroxyl groups excluding tert-OH is 1. The number of aliphatic hydroxyl groups is 1. The van der Waals surface area contributed by atoms with E-state index in [2.05, 4.69) is 4.98 Å². The van der Waals surface area contributed by atoms with Gasteiger partial charge in [0.25, 0.3) is 5.56 Å². The van der Waals surface area contributed by atoms with Crippen molar-refractivity contribution < 1.29 is 9.50 Å². The van der Waals surface area contributed by atoms with Crippen molar-refractivity contribution in [2.24, 2.45) is 0 Å². The Labute approximate surface area is 104 Å². The van der Waals surface area contributed by atoms with Gasteiger partial charge >= 0.3 is 0 Å². The Morgan fingerprint density at radius 2 is 1.89 bits per heavy atom. The summed E-state index contributed by atoms with van der Waals surface area (Å²) in [6, 6.07) is 8.85. The van der Waals surface area contributed by atoms with Gasteiger partial charge in [-0.05, 0) is 30.0 Å². The predicted octanol–water partition coefficient (Wildman–Crippen LogP) is 2.11. The molecule has 0 aliphatic heterocycles. The average molecular weight is 247 g/mol. The van der Waals surface area contributed by atoms with Gasteiger partial charge in [0, 0.05) is 18.4 Å². The predicted molar refractivity (Wildman–Crippen MR) is 67.9 cm³/mol. The third-order valence-electron chi connectivity index (χ3n) is 2.77. The molecule has 0 unspecified atom stereocenters. The maximum atomic E-state index is 13.1. The molecule has 94 valence electrons. The fraction of sp³-hybridized carbons (Fsp3) is 0.214. The normalized spacial score (nSPS) is 10.6. The topological polar surface area (TPSA) is 53.1 Å². The van der Waals surface area contributed by atoms with Crippen LogP contribution in [0.2, 0.25) is 0 Å². The Morgan fingerprint density at radius 3 is 2.50 bits per heavy atom. The number of rotatable bonds is 4. The van der Waals surface area contributed by atoms with E-state index in [9.17, 15) is 9.18 Å². The van der Waals surface area contributed by atoms with E-state index in [0.717, 1.165) is 24.0 Å². The van der Waals surface area contributed by atoms with Crippen molar-refractivity contribution in [1.82, 2.24) is 4.98 Å². The fourth-order valence-electron chi connectivity index (χ4n) is 1.77. The second-order valence-electron chi connectivity index (χ2n) is 4.09. The molecule has 2 rings (SSSR count). The van der Waals surface area contributed by atoms with Gasteiger partial charge in [0.05, 0.1) is 0 Å². The van der Waals surface area contributed by atoms with E-state index in [1.54, 1.807) is 0 Å². The zero-order chi connectivity index (χ0) is 13.0. The highest BCUT2D eigenvalue weighted by Gasteiger charge is 2.03. The molecule has 0 saturated carbocycles. The molecule has 3 nitrogen and oxygen atoms in total. The number of nitrogens with one attached hydrogen (secondary N) is 1. The maximum Gasteiger partial charge on any atom is 0.283 e. The van der Waals surface area contributed by atoms with Crippen molar-refractivity contribution in [1.29, 1.82) is 0 Å². The smallest absolute Gasteiger partial charge is 0.283 e. The van der Waals surface area contributed by atoms with Crippen LogP contribution in [-0.2, 0) is 6.42 Å². The third-order valence-corrected chi connectivity index (χ3v) is 2.77. The highest BCUT2D eigenvalue weighted by molar-refractivity contribution is 5.62. The molecule has 0 radical (unpaired) electrons. The van der Waals surface area contributed by atoms with E-state index in [4.69, 9.17) is 5.11 Å². The first kappa shape index (κ1) is 12.5. The zero-order valence-corrected chi connectivity index (χ0v) is 9.82. The van der Waals surface area contributed by atoms with Crippen LogP contribution in [0.1, 0.15) is 12.0 Å². The number of halogens is 1. The Bertz CT molecular complexity index is 575. The second-order valence-corrected chi connectivity index (χ2v) is 4.09. The minimum atomic E-state index is -0.781. The number of aromatic nitrogens is 1. The molecule has 0 spiro atoms. The number of aryl methyl sites for hydroxylation is 1. The monoisotopic (exact) mass is 247 g/mol. The summed E-state index contributed by atoms with van der Waals surface area (Å²) in [6.45, 7) is 0.173. The van der Waals surface area contributed by atoms with Crippen molar-refractivity contribution in [2.75, 3.05) is 6.61 Å². The van der Waals surface area contributed by atoms with Gasteiger partial charge in [0.1, 0.15) is 0 Å². The minimum Gasteiger partial charge on any atom is -0.396 e. The van der Waals surface area contributed by atoms with Gasteiger partial charge in [-0.1, -0.05) is 24.3 Å². The van der Waals surface area contributed by atoms with Crippen LogP contribution in [0.15, 0.2) is 41.3 Å². The zero-order valence-electron chi connectivity index (χ0n) is 9.82. The van der Waals surface area contributed by atoms with Crippen molar-refractivity contribution in [3.8, 4) is 11.1 Å². The molecule has 2 aromatic rings. The van der Waals surface area contributed by atoms with Gasteiger partial charge in [-0.15, -0.1) is 0 Å². The lowest BCUT2D eigenvalue weighted by molar-refractivity contribution is 0.288. The molecule has 2 N–H and O–H groups in total. The number of hydrogen-bond donors (Lipinski definition) is 2. The first-order chi connectivity index (χ1) is 8.70. The van der Waals surface area contributed by atoms with Gasteiger partial charge in [0.2, 0.25) is 0 Å². The lowest BCUT2D eigenvalue weighted by Gasteiger charge is -2.04. The molecule has 1 aromatic heterocycles. The summed E-state index contributed by atoms with van der Waals surface area (Å²) < 4.78 is 13.1. The lowest BCUT2D eigenvalue weighted by atomic mass is 10.0. The summed E-state index contributed by atoms with van der Waals surface area (Å²) in [7, 11) is 0. The van der Waals surface area contributed by atoms with Crippen LogP contribution in [0.25, 0.3) is 11.1 Å². The van der Waals surface area contributed by atoms with Crippen LogP contribution in [0.4, 0.5) is 4.39 Å². The van der Waals surface area contributed by atoms with E-state index in [1.807, 2.05) is 24.3 Å². The first-order valence-corrected chi connectivity index (χ1v) is 5.79. The summed E-state index contributed by atoms with van der Waals surface area (Å²) in [5, 5.41) is 8.74. The molecule has 0 fully saturated rings. The van der Waals surface area contributed by atoms with Crippen molar-refractivity contribution >= 4 is 0 Å². The van der Waals surface area contributed by atoms with Crippen LogP contribution in [0.3, 0.4) is 0 Å². The molecule has 0 aliphatic rings. The molecule has 0 amide bonds. The largest absolute Gasteiger partial charge is 0.396 e. The first-order valence-electron chi connectivity index (χ1n) is 5.79. The van der Waals surface area contributed by atoms with Crippen LogP contribution < -0.4 is 5.56 Å². The van der Waals surface area contributed by atoms with Crippen molar-refractivity contribution in [3.05, 3.63) is 58.3 Å². The van der Waals surface area contributed by atoms with Gasteiger partial charge in [-0.3, -0.25) is 4.79 Å². The Balaban J connectivity index is 2.23. The number of H-pyrrole nitrogens is 1. The van der Waals surface area contributed by atoms with Crippen molar-refractivity contribution in [2.45, 2.75) is 12.8 Å². The summed E-state index contributed by atoms with van der Waals surface area (Å²) in [5.41, 5.74) is 1.90. The van der Waals surface area contributed by atoms with Crippen LogP contribution in [0, 0.1) is 5.82 Å². The number of aromatic amines is 1. The van der Waals surface area contributed by atoms with Gasteiger partial charge in [-0.25, -0.2) is 4.39 Å². The Kier molecular flexibility index (Phi) is 3.89. The molecule has 1 heterocycles. The summed E-state index contributed by atoms with van der Waals surface area (Å²) in [6.07, 6.45) is 3.04. The van der Waals surface area contributed by atoms with Crippen molar-refractivity contribution in [3.63, 3.8) is 0 Å². The molecule has 0 aliphatic carbocycles. The van der Waals surface area contributed by atoms with E-state index in [-0.39, 0.29) is 6.61 Å². The number of benzene rings is 1. The quantitative estimate of drug-likeness (QED) is 0.869. The van der Waals surface area contributed by atoms with Crippen LogP contribution in [0.5, 0.6) is 0 Å². The summed E-state index contributed by atoms with van der Waals surface area (Å²) >= 11 is 0. The summed E-state index contributed by atoms with van der Waals surface area (Å²) in [4.78, 5) is 13.3. The van der Waals surface area contributed by atoms with Crippen LogP contribution >= 0.6 is 0 Å². The number of hydrogen-bond acceptors (Lipinski definition) is 2. The average Bonchev–Trinajstić information content (AvgIpc) is 2.40. The van der Waals surface area contributed by atoms with Gasteiger partial charge in [-0.2, -0.15) is 0 Å². The molecular formula is C14H14FNO2. The third kappa shape index (κ3) is 2.84. The maximum absolute atomic E-state index is 13.1. The Hall–Kier alpha value is -1.94. The number of pyridine rings is 1. The second kappa shape index (κ2) is 5.60. The summed E-state index contributed by atoms with van der Waals surface area (Å²) in [5.74, 6) is -0.781. The van der Waals surface area contributed by atoms with Gasteiger partial charge < -0.3 is 10.1 Å². The SMILES string of the molecule is O=c1[nH]cc(-c2ccc(CCCO)cc2)cc1F. The molecule has 18 heavy (non-hydrogen) atoms. The van der Waals surface area contributed by atoms with E-state index in [1.165, 1.54) is 12.3 Å². The van der Waals surface area contributed by atoms with E-state index in [0.29, 0.717) is 5.56 Å². The highest BCUT2D eigenvalue weighted by atomic mass is 19.1.